The minimum atomic E-state index is 0.598. The summed E-state index contributed by atoms with van der Waals surface area (Å²) in [7, 11) is 0. The van der Waals surface area contributed by atoms with Gasteiger partial charge in [-0.15, -0.1) is 5.10 Å². The number of aryl methyl sites for hydroxylation is 2. The van der Waals surface area contributed by atoms with Crippen molar-refractivity contribution in [1.82, 2.24) is 25.1 Å². The molecule has 7 heteroatoms. The van der Waals surface area contributed by atoms with Gasteiger partial charge in [0, 0.05) is 24.2 Å². The predicted molar refractivity (Wildman–Crippen MR) is 105 cm³/mol. The van der Waals surface area contributed by atoms with Crippen LogP contribution in [0.25, 0.3) is 11.1 Å². The van der Waals surface area contributed by atoms with Crippen LogP contribution in [0.15, 0.2) is 47.6 Å². The molecule has 0 aliphatic carbocycles. The van der Waals surface area contributed by atoms with Gasteiger partial charge in [0.05, 0.1) is 18.4 Å². The molecular weight excluding hydrogens is 394 g/mol. The van der Waals surface area contributed by atoms with E-state index < -0.39 is 0 Å². The molecule has 0 aliphatic heterocycles. The van der Waals surface area contributed by atoms with Gasteiger partial charge in [-0.3, -0.25) is 4.98 Å². The largest absolute Gasteiger partial charge is 0.477 e. The molecule has 0 saturated heterocycles. The van der Waals surface area contributed by atoms with Crippen LogP contribution in [0.3, 0.4) is 0 Å². The summed E-state index contributed by atoms with van der Waals surface area (Å²) in [6.07, 6.45) is 9.12. The summed E-state index contributed by atoms with van der Waals surface area (Å²) < 4.78 is 6.41. The third-order valence-corrected chi connectivity index (χ3v) is 3.74. The van der Waals surface area contributed by atoms with Crippen molar-refractivity contribution in [1.29, 1.82) is 0 Å². The van der Waals surface area contributed by atoms with Gasteiger partial charge in [0.15, 0.2) is 0 Å². The van der Waals surface area contributed by atoms with Gasteiger partial charge in [0.1, 0.15) is 10.4 Å². The van der Waals surface area contributed by atoms with E-state index in [9.17, 15) is 0 Å². The maximum atomic E-state index is 5.74. The zero-order chi connectivity index (χ0) is 18.8. The standard InChI is InChI=1S/C13H15BrN4O.C6H7N/c1-3-4-5-19-13-11(8-15-9(2)17-13)10-6-12(14)18-16-7-10;1-6-3-2-4-7-5-6/h6-8H,3-5H2,1-2H3;2-5H,1H3. The Balaban J connectivity index is 0.000000290. The van der Waals surface area contributed by atoms with E-state index in [0.29, 0.717) is 22.9 Å². The summed E-state index contributed by atoms with van der Waals surface area (Å²) in [5.74, 6) is 1.29. The van der Waals surface area contributed by atoms with Crippen LogP contribution in [-0.4, -0.2) is 31.8 Å². The van der Waals surface area contributed by atoms with Crippen molar-refractivity contribution in [2.24, 2.45) is 0 Å². The van der Waals surface area contributed by atoms with Gasteiger partial charge in [0.2, 0.25) is 5.88 Å². The molecule has 3 aromatic rings. The Labute approximate surface area is 162 Å². The molecule has 0 fully saturated rings. The van der Waals surface area contributed by atoms with Crippen LogP contribution in [0.4, 0.5) is 0 Å². The molecular formula is C19H22BrN5O. The van der Waals surface area contributed by atoms with Gasteiger partial charge >= 0.3 is 0 Å². The van der Waals surface area contributed by atoms with E-state index in [1.165, 1.54) is 5.56 Å². The van der Waals surface area contributed by atoms with E-state index in [1.54, 1.807) is 18.6 Å². The second-order valence-corrected chi connectivity index (χ2v) is 6.45. The van der Waals surface area contributed by atoms with E-state index in [1.807, 2.05) is 38.2 Å². The average Bonchev–Trinajstić information content (AvgIpc) is 2.63. The van der Waals surface area contributed by atoms with Crippen LogP contribution in [-0.2, 0) is 0 Å². The monoisotopic (exact) mass is 415 g/mol. The van der Waals surface area contributed by atoms with Crippen LogP contribution in [0.5, 0.6) is 5.88 Å². The first-order valence-electron chi connectivity index (χ1n) is 8.41. The molecule has 136 valence electrons. The van der Waals surface area contributed by atoms with Gasteiger partial charge in [-0.2, -0.15) is 10.1 Å². The number of aromatic nitrogens is 5. The minimum absolute atomic E-state index is 0.598. The summed E-state index contributed by atoms with van der Waals surface area (Å²) in [4.78, 5) is 12.5. The first-order valence-corrected chi connectivity index (χ1v) is 9.21. The third kappa shape index (κ3) is 6.48. The van der Waals surface area contributed by atoms with Crippen molar-refractivity contribution < 1.29 is 4.74 Å². The summed E-state index contributed by atoms with van der Waals surface area (Å²) in [6, 6.07) is 5.82. The molecule has 0 aromatic carbocycles. The molecule has 6 nitrogen and oxygen atoms in total. The minimum Gasteiger partial charge on any atom is -0.477 e. The van der Waals surface area contributed by atoms with Gasteiger partial charge in [-0.25, -0.2) is 4.98 Å². The van der Waals surface area contributed by atoms with Crippen molar-refractivity contribution in [3.8, 4) is 17.0 Å². The second kappa shape index (κ2) is 10.6. The quantitative estimate of drug-likeness (QED) is 0.567. The van der Waals surface area contributed by atoms with E-state index in [4.69, 9.17) is 4.74 Å². The normalized spacial score (nSPS) is 10.0. The lowest BCUT2D eigenvalue weighted by Gasteiger charge is -2.10. The van der Waals surface area contributed by atoms with Gasteiger partial charge in [-0.1, -0.05) is 19.4 Å². The molecule has 0 spiro atoms. The molecule has 3 heterocycles. The highest BCUT2D eigenvalue weighted by Crippen LogP contribution is 2.28. The van der Waals surface area contributed by atoms with Crippen molar-refractivity contribution >= 4 is 15.9 Å². The van der Waals surface area contributed by atoms with E-state index in [0.717, 1.165) is 24.0 Å². The highest BCUT2D eigenvalue weighted by molar-refractivity contribution is 9.10. The Morgan fingerprint density at radius 3 is 2.62 bits per heavy atom. The molecule has 0 radical (unpaired) electrons. The lowest BCUT2D eigenvalue weighted by atomic mass is 10.1. The summed E-state index contributed by atoms with van der Waals surface area (Å²) in [5.41, 5.74) is 2.92. The SMILES string of the molecule is CCCCOc1nc(C)ncc1-c1cnnc(Br)c1.Cc1cccnc1. The lowest BCUT2D eigenvalue weighted by Crippen LogP contribution is -2.02. The molecule has 0 unspecified atom stereocenters. The van der Waals surface area contributed by atoms with Crippen LogP contribution >= 0.6 is 15.9 Å². The topological polar surface area (TPSA) is 73.7 Å². The number of pyridine rings is 1. The Hall–Kier alpha value is -2.41. The first kappa shape index (κ1) is 19.9. The smallest absolute Gasteiger partial charge is 0.224 e. The number of hydrogen-bond acceptors (Lipinski definition) is 6. The first-order chi connectivity index (χ1) is 12.6. The van der Waals surface area contributed by atoms with Crippen molar-refractivity contribution in [2.45, 2.75) is 33.6 Å². The number of unbranched alkanes of at least 4 members (excludes halogenated alkanes) is 1. The van der Waals surface area contributed by atoms with E-state index in [-0.39, 0.29) is 0 Å². The molecule has 3 rings (SSSR count). The van der Waals surface area contributed by atoms with Crippen LogP contribution in [0.2, 0.25) is 0 Å². The highest BCUT2D eigenvalue weighted by atomic mass is 79.9. The van der Waals surface area contributed by atoms with Crippen LogP contribution < -0.4 is 4.74 Å². The maximum absolute atomic E-state index is 5.74. The fourth-order valence-electron chi connectivity index (χ4n) is 2.01. The van der Waals surface area contributed by atoms with Gasteiger partial charge in [-0.05, 0) is 53.9 Å². The summed E-state index contributed by atoms with van der Waals surface area (Å²) in [5, 5.41) is 7.79. The Morgan fingerprint density at radius 2 is 2.00 bits per heavy atom. The van der Waals surface area contributed by atoms with Crippen molar-refractivity contribution in [3.63, 3.8) is 0 Å². The van der Waals surface area contributed by atoms with Crippen molar-refractivity contribution in [2.75, 3.05) is 6.61 Å². The predicted octanol–water partition coefficient (Wildman–Crippen LogP) is 4.57. The average molecular weight is 416 g/mol. The van der Waals surface area contributed by atoms with Crippen molar-refractivity contribution in [3.05, 3.63) is 59.0 Å². The molecule has 0 bridgehead atoms. The molecule has 0 N–H and O–H groups in total. The zero-order valence-corrected chi connectivity index (χ0v) is 16.8. The van der Waals surface area contributed by atoms with Gasteiger partial charge in [0.25, 0.3) is 0 Å². The molecule has 3 aromatic heterocycles. The van der Waals surface area contributed by atoms with Crippen LogP contribution in [0, 0.1) is 13.8 Å². The Bertz CT molecular complexity index is 814. The fourth-order valence-corrected chi connectivity index (χ4v) is 2.34. The molecule has 0 atom stereocenters. The Kier molecular flexibility index (Phi) is 8.08. The van der Waals surface area contributed by atoms with E-state index in [2.05, 4.69) is 48.0 Å². The number of ether oxygens (including phenoxy) is 1. The molecule has 0 aliphatic rings. The number of nitrogens with zero attached hydrogens (tertiary/aromatic N) is 5. The van der Waals surface area contributed by atoms with Crippen LogP contribution in [0.1, 0.15) is 31.2 Å². The molecule has 26 heavy (non-hydrogen) atoms. The zero-order valence-electron chi connectivity index (χ0n) is 15.2. The second-order valence-electron chi connectivity index (χ2n) is 5.64. The summed E-state index contributed by atoms with van der Waals surface area (Å²) >= 11 is 3.31. The number of hydrogen-bond donors (Lipinski definition) is 0. The third-order valence-electron chi connectivity index (χ3n) is 3.36. The summed E-state index contributed by atoms with van der Waals surface area (Å²) in [6.45, 7) is 6.64. The lowest BCUT2D eigenvalue weighted by molar-refractivity contribution is 0.298. The number of rotatable bonds is 5. The highest BCUT2D eigenvalue weighted by Gasteiger charge is 2.10. The molecule has 0 saturated carbocycles. The fraction of sp³-hybridized carbons (Fsp3) is 0.316. The molecule has 0 amide bonds. The Morgan fingerprint density at radius 1 is 1.15 bits per heavy atom. The number of halogens is 1. The van der Waals surface area contributed by atoms with E-state index >= 15 is 0 Å². The maximum Gasteiger partial charge on any atom is 0.224 e. The van der Waals surface area contributed by atoms with Gasteiger partial charge < -0.3 is 4.74 Å².